The molecule has 0 aliphatic heterocycles. The number of rotatable bonds is 4. The van der Waals surface area contributed by atoms with Gasteiger partial charge in [0.2, 0.25) is 5.91 Å². The fourth-order valence-corrected chi connectivity index (χ4v) is 3.08. The topological polar surface area (TPSA) is 29.1 Å². The molecule has 1 aromatic carbocycles. The van der Waals surface area contributed by atoms with Gasteiger partial charge in [0.25, 0.3) is 0 Å². The van der Waals surface area contributed by atoms with Crippen molar-refractivity contribution < 1.29 is 4.79 Å². The van der Waals surface area contributed by atoms with E-state index in [1.165, 1.54) is 32.1 Å². The molecule has 1 aliphatic carbocycles. The van der Waals surface area contributed by atoms with Crippen LogP contribution in [-0.4, -0.2) is 11.9 Å². The SMILES string of the molecule is O=C(CCc1ccccc1Cl)NC1CCCCCCC1. The molecule has 1 saturated carbocycles. The van der Waals surface area contributed by atoms with Crippen LogP contribution in [-0.2, 0) is 11.2 Å². The molecular formula is C17H24ClNO. The highest BCUT2D eigenvalue weighted by Gasteiger charge is 2.14. The molecule has 3 heteroatoms. The zero-order chi connectivity index (χ0) is 14.2. The van der Waals surface area contributed by atoms with Gasteiger partial charge < -0.3 is 5.32 Å². The highest BCUT2D eigenvalue weighted by atomic mass is 35.5. The van der Waals surface area contributed by atoms with E-state index in [0.29, 0.717) is 12.5 Å². The van der Waals surface area contributed by atoms with Crippen LogP contribution in [0.3, 0.4) is 0 Å². The van der Waals surface area contributed by atoms with Crippen LogP contribution in [0.1, 0.15) is 56.9 Å². The van der Waals surface area contributed by atoms with E-state index in [1.54, 1.807) is 0 Å². The average Bonchev–Trinajstić information content (AvgIpc) is 2.41. The standard InChI is InChI=1S/C17H24ClNO/c18-16-11-7-6-8-14(16)12-13-17(20)19-15-9-4-2-1-3-5-10-15/h6-8,11,15H,1-5,9-10,12-13H2,(H,19,20). The van der Waals surface area contributed by atoms with E-state index >= 15 is 0 Å². The van der Waals surface area contributed by atoms with Gasteiger partial charge in [0.1, 0.15) is 0 Å². The summed E-state index contributed by atoms with van der Waals surface area (Å²) in [5.41, 5.74) is 1.06. The Balaban J connectivity index is 1.75. The molecule has 0 spiro atoms. The number of hydrogen-bond acceptors (Lipinski definition) is 1. The van der Waals surface area contributed by atoms with Crippen molar-refractivity contribution in [1.82, 2.24) is 5.32 Å². The van der Waals surface area contributed by atoms with Crippen LogP contribution in [0, 0.1) is 0 Å². The Labute approximate surface area is 126 Å². The number of hydrogen-bond donors (Lipinski definition) is 1. The number of carbonyl (C=O) groups excluding carboxylic acids is 1. The second-order valence-corrected chi connectivity index (χ2v) is 6.11. The van der Waals surface area contributed by atoms with E-state index in [4.69, 9.17) is 11.6 Å². The maximum Gasteiger partial charge on any atom is 0.220 e. The normalized spacial score (nSPS) is 17.2. The first-order valence-electron chi connectivity index (χ1n) is 7.78. The number of carbonyl (C=O) groups is 1. The van der Waals surface area contributed by atoms with Crippen LogP contribution in [0.25, 0.3) is 0 Å². The molecule has 0 aromatic heterocycles. The maximum atomic E-state index is 12.0. The average molecular weight is 294 g/mol. The van der Waals surface area contributed by atoms with Gasteiger partial charge in [-0.15, -0.1) is 0 Å². The highest BCUT2D eigenvalue weighted by molar-refractivity contribution is 6.31. The summed E-state index contributed by atoms with van der Waals surface area (Å²) in [6, 6.07) is 8.14. The van der Waals surface area contributed by atoms with E-state index in [0.717, 1.165) is 29.8 Å². The quantitative estimate of drug-likeness (QED) is 0.870. The Morgan fingerprint density at radius 3 is 2.45 bits per heavy atom. The molecule has 1 aliphatic rings. The zero-order valence-electron chi connectivity index (χ0n) is 12.0. The van der Waals surface area contributed by atoms with Crippen molar-refractivity contribution in [1.29, 1.82) is 0 Å². The van der Waals surface area contributed by atoms with Gasteiger partial charge >= 0.3 is 0 Å². The van der Waals surface area contributed by atoms with E-state index in [9.17, 15) is 4.79 Å². The fourth-order valence-electron chi connectivity index (χ4n) is 2.85. The molecule has 0 saturated heterocycles. The Hall–Kier alpha value is -1.02. The molecule has 0 bridgehead atoms. The number of halogens is 1. The Morgan fingerprint density at radius 1 is 1.10 bits per heavy atom. The smallest absolute Gasteiger partial charge is 0.220 e. The second-order valence-electron chi connectivity index (χ2n) is 5.70. The lowest BCUT2D eigenvalue weighted by Crippen LogP contribution is -2.35. The number of nitrogens with one attached hydrogen (secondary N) is 1. The lowest BCUT2D eigenvalue weighted by atomic mass is 9.96. The van der Waals surface area contributed by atoms with Gasteiger partial charge in [-0.05, 0) is 30.9 Å². The summed E-state index contributed by atoms with van der Waals surface area (Å²) in [6.07, 6.45) is 9.99. The summed E-state index contributed by atoms with van der Waals surface area (Å²) in [4.78, 5) is 12.0. The van der Waals surface area contributed by atoms with Crippen LogP contribution in [0.4, 0.5) is 0 Å². The Morgan fingerprint density at radius 2 is 1.75 bits per heavy atom. The largest absolute Gasteiger partial charge is 0.353 e. The third-order valence-corrected chi connectivity index (χ3v) is 4.42. The molecule has 0 radical (unpaired) electrons. The molecule has 110 valence electrons. The first kappa shape index (κ1) is 15.4. The van der Waals surface area contributed by atoms with Crippen molar-refractivity contribution >= 4 is 17.5 Å². The number of amides is 1. The van der Waals surface area contributed by atoms with Gasteiger partial charge in [-0.1, -0.05) is 61.9 Å². The lowest BCUT2D eigenvalue weighted by Gasteiger charge is -2.21. The first-order chi connectivity index (χ1) is 9.75. The Kier molecular flexibility index (Phi) is 6.38. The van der Waals surface area contributed by atoms with Gasteiger partial charge in [0.05, 0.1) is 0 Å². The predicted octanol–water partition coefficient (Wildman–Crippen LogP) is 4.50. The van der Waals surface area contributed by atoms with E-state index in [2.05, 4.69) is 5.32 Å². The summed E-state index contributed by atoms with van der Waals surface area (Å²) in [5.74, 6) is 0.162. The molecule has 0 atom stereocenters. The second kappa shape index (κ2) is 8.31. The van der Waals surface area contributed by atoms with Gasteiger partial charge in [-0.25, -0.2) is 0 Å². The molecule has 1 amide bonds. The Bertz CT molecular complexity index is 425. The highest BCUT2D eigenvalue weighted by Crippen LogP contribution is 2.18. The molecule has 1 fully saturated rings. The molecule has 0 heterocycles. The lowest BCUT2D eigenvalue weighted by molar-refractivity contribution is -0.121. The molecule has 2 rings (SSSR count). The van der Waals surface area contributed by atoms with Crippen LogP contribution in [0.2, 0.25) is 5.02 Å². The predicted molar refractivity (Wildman–Crippen MR) is 84.0 cm³/mol. The third kappa shape index (κ3) is 5.16. The van der Waals surface area contributed by atoms with Crippen molar-refractivity contribution in [3.05, 3.63) is 34.9 Å². The summed E-state index contributed by atoms with van der Waals surface area (Å²) in [6.45, 7) is 0. The van der Waals surface area contributed by atoms with Gasteiger partial charge in [0.15, 0.2) is 0 Å². The van der Waals surface area contributed by atoms with Gasteiger partial charge in [-0.3, -0.25) is 4.79 Å². The molecule has 0 unspecified atom stereocenters. The molecule has 1 aromatic rings. The van der Waals surface area contributed by atoms with Gasteiger partial charge in [-0.2, -0.15) is 0 Å². The minimum atomic E-state index is 0.162. The summed E-state index contributed by atoms with van der Waals surface area (Å²) in [5, 5.41) is 3.95. The number of aryl methyl sites for hydroxylation is 1. The molecule has 20 heavy (non-hydrogen) atoms. The van der Waals surface area contributed by atoms with Crippen molar-refractivity contribution in [3.8, 4) is 0 Å². The van der Waals surface area contributed by atoms with Crippen molar-refractivity contribution in [3.63, 3.8) is 0 Å². The van der Waals surface area contributed by atoms with Crippen molar-refractivity contribution in [2.75, 3.05) is 0 Å². The molecule has 2 nitrogen and oxygen atoms in total. The zero-order valence-corrected chi connectivity index (χ0v) is 12.8. The van der Waals surface area contributed by atoms with Crippen molar-refractivity contribution in [2.45, 2.75) is 63.8 Å². The molecule has 1 N–H and O–H groups in total. The maximum absolute atomic E-state index is 12.0. The van der Waals surface area contributed by atoms with Crippen molar-refractivity contribution in [2.24, 2.45) is 0 Å². The monoisotopic (exact) mass is 293 g/mol. The van der Waals surface area contributed by atoms with Crippen LogP contribution in [0.15, 0.2) is 24.3 Å². The van der Waals surface area contributed by atoms with Crippen LogP contribution >= 0.6 is 11.6 Å². The first-order valence-corrected chi connectivity index (χ1v) is 8.16. The van der Waals surface area contributed by atoms with E-state index in [1.807, 2.05) is 24.3 Å². The van der Waals surface area contributed by atoms with E-state index < -0.39 is 0 Å². The minimum absolute atomic E-state index is 0.162. The number of benzene rings is 1. The van der Waals surface area contributed by atoms with Crippen LogP contribution in [0.5, 0.6) is 0 Å². The summed E-state index contributed by atoms with van der Waals surface area (Å²) < 4.78 is 0. The fraction of sp³-hybridized carbons (Fsp3) is 0.588. The van der Waals surface area contributed by atoms with E-state index in [-0.39, 0.29) is 5.91 Å². The van der Waals surface area contributed by atoms with Crippen LogP contribution < -0.4 is 5.32 Å². The minimum Gasteiger partial charge on any atom is -0.353 e. The summed E-state index contributed by atoms with van der Waals surface area (Å²) in [7, 11) is 0. The third-order valence-electron chi connectivity index (χ3n) is 4.05. The van der Waals surface area contributed by atoms with Gasteiger partial charge in [0, 0.05) is 17.5 Å². The molecular weight excluding hydrogens is 270 g/mol. The summed E-state index contributed by atoms with van der Waals surface area (Å²) >= 11 is 6.11.